The number of fused-ring (bicyclic) bond motifs is 7. The van der Waals surface area contributed by atoms with Crippen LogP contribution in [0.1, 0.15) is 60.6 Å². The average Bonchev–Trinajstić information content (AvgIpc) is 3.65. The molecule has 1 saturated heterocycles. The van der Waals surface area contributed by atoms with Crippen molar-refractivity contribution in [2.45, 2.75) is 57.5 Å². The highest BCUT2D eigenvalue weighted by Crippen LogP contribution is 2.45. The Kier molecular flexibility index (Phi) is 6.65. The number of hydrogen-bond acceptors (Lipinski definition) is 7. The lowest BCUT2D eigenvalue weighted by Crippen LogP contribution is -2.36. The average molecular weight is 555 g/mol. The monoisotopic (exact) mass is 554 g/mol. The van der Waals surface area contributed by atoms with Crippen LogP contribution < -0.4 is 15.4 Å². The van der Waals surface area contributed by atoms with E-state index < -0.39 is 0 Å². The maximum absolute atomic E-state index is 13.7. The SMILES string of the molecule is Cc1cc2cc(n1)-c1cnn(C)c1OCCCC(C1CC1)n1c(nc3cc(NC4CCN(C)CC4)ccc31)NC2=O. The quantitative estimate of drug-likeness (QED) is 0.367. The van der Waals surface area contributed by atoms with Crippen molar-refractivity contribution in [2.24, 2.45) is 13.0 Å². The second kappa shape index (κ2) is 10.5. The molecule has 3 aromatic heterocycles. The van der Waals surface area contributed by atoms with E-state index >= 15 is 0 Å². The van der Waals surface area contributed by atoms with E-state index in [1.165, 1.54) is 12.8 Å². The predicted octanol–water partition coefficient (Wildman–Crippen LogP) is 5.02. The van der Waals surface area contributed by atoms with Crippen molar-refractivity contribution in [1.29, 1.82) is 0 Å². The smallest absolute Gasteiger partial charge is 0.258 e. The lowest BCUT2D eigenvalue weighted by atomic mass is 10.0. The molecule has 2 aliphatic heterocycles. The first-order valence-corrected chi connectivity index (χ1v) is 14.9. The van der Waals surface area contributed by atoms with Gasteiger partial charge < -0.3 is 19.5 Å². The molecule has 0 radical (unpaired) electrons. The van der Waals surface area contributed by atoms with Gasteiger partial charge in [-0.2, -0.15) is 5.10 Å². The van der Waals surface area contributed by atoms with Gasteiger partial charge in [0.15, 0.2) is 0 Å². The molecule has 3 aliphatic rings. The first-order valence-electron chi connectivity index (χ1n) is 14.9. The minimum atomic E-state index is -0.198. The molecule has 1 saturated carbocycles. The molecule has 7 rings (SSSR count). The first-order chi connectivity index (χ1) is 19.9. The van der Waals surface area contributed by atoms with Crippen LogP contribution in [0.15, 0.2) is 36.5 Å². The highest BCUT2D eigenvalue weighted by Gasteiger charge is 2.35. The number of carbonyl (C=O) groups is 1. The molecular weight excluding hydrogens is 516 g/mol. The largest absolute Gasteiger partial charge is 0.477 e. The van der Waals surface area contributed by atoms with Gasteiger partial charge in [0.25, 0.3) is 5.91 Å². The van der Waals surface area contributed by atoms with Crippen molar-refractivity contribution >= 4 is 28.6 Å². The Balaban J connectivity index is 1.28. The molecule has 214 valence electrons. The topological polar surface area (TPSA) is 102 Å². The lowest BCUT2D eigenvalue weighted by molar-refractivity contribution is 0.102. The van der Waals surface area contributed by atoms with E-state index in [4.69, 9.17) is 14.7 Å². The van der Waals surface area contributed by atoms with Crippen molar-refractivity contribution < 1.29 is 9.53 Å². The van der Waals surface area contributed by atoms with E-state index in [1.807, 2.05) is 26.1 Å². The molecule has 1 aliphatic carbocycles. The van der Waals surface area contributed by atoms with E-state index in [0.717, 1.165) is 66.8 Å². The summed E-state index contributed by atoms with van der Waals surface area (Å²) in [7, 11) is 4.06. The van der Waals surface area contributed by atoms with Gasteiger partial charge in [-0.1, -0.05) is 0 Å². The molecule has 41 heavy (non-hydrogen) atoms. The maximum Gasteiger partial charge on any atom is 0.258 e. The molecular formula is C31H38N8O2. The highest BCUT2D eigenvalue weighted by atomic mass is 16.5. The minimum Gasteiger partial charge on any atom is -0.477 e. The summed E-state index contributed by atoms with van der Waals surface area (Å²) >= 11 is 0. The Morgan fingerprint density at radius 1 is 1.02 bits per heavy atom. The zero-order chi connectivity index (χ0) is 28.1. The summed E-state index contributed by atoms with van der Waals surface area (Å²) in [5.41, 5.74) is 5.78. The van der Waals surface area contributed by atoms with Crippen LogP contribution in [-0.2, 0) is 7.05 Å². The zero-order valence-corrected chi connectivity index (χ0v) is 24.1. The molecule has 10 heteroatoms. The summed E-state index contributed by atoms with van der Waals surface area (Å²) in [4.78, 5) is 25.9. The fraction of sp³-hybridized carbons (Fsp3) is 0.484. The Morgan fingerprint density at radius 3 is 2.66 bits per heavy atom. The molecule has 0 spiro atoms. The number of ether oxygens (including phenoxy) is 1. The first kappa shape index (κ1) is 26.0. The third-order valence-electron chi connectivity index (χ3n) is 8.76. The number of aromatic nitrogens is 5. The summed E-state index contributed by atoms with van der Waals surface area (Å²) in [6, 6.07) is 10.8. The molecule has 4 aromatic rings. The number of piperidine rings is 1. The summed E-state index contributed by atoms with van der Waals surface area (Å²) in [5.74, 6) is 1.65. The van der Waals surface area contributed by atoms with E-state index in [9.17, 15) is 4.79 Å². The van der Waals surface area contributed by atoms with Crippen molar-refractivity contribution in [3.63, 3.8) is 0 Å². The lowest BCUT2D eigenvalue weighted by Gasteiger charge is -2.30. The van der Waals surface area contributed by atoms with E-state index in [1.54, 1.807) is 10.9 Å². The summed E-state index contributed by atoms with van der Waals surface area (Å²) in [5, 5.41) is 11.3. The predicted molar refractivity (Wildman–Crippen MR) is 159 cm³/mol. The second-order valence-corrected chi connectivity index (χ2v) is 11.9. The maximum atomic E-state index is 13.7. The number of likely N-dealkylation sites (tertiary alicyclic amines) is 1. The van der Waals surface area contributed by atoms with Crippen molar-refractivity contribution in [3.05, 3.63) is 47.8 Å². The summed E-state index contributed by atoms with van der Waals surface area (Å²) in [6.07, 6.45) is 8.20. The number of amides is 1. The van der Waals surface area contributed by atoms with Crippen molar-refractivity contribution in [3.8, 4) is 17.1 Å². The molecule has 10 nitrogen and oxygen atoms in total. The van der Waals surface area contributed by atoms with Gasteiger partial charge in [0, 0.05) is 36.1 Å². The molecule has 2 fully saturated rings. The summed E-state index contributed by atoms with van der Waals surface area (Å²) < 4.78 is 10.3. The van der Waals surface area contributed by atoms with Gasteiger partial charge in [-0.25, -0.2) is 9.67 Å². The second-order valence-electron chi connectivity index (χ2n) is 11.9. The van der Waals surface area contributed by atoms with Crippen LogP contribution in [0.5, 0.6) is 5.88 Å². The van der Waals surface area contributed by atoms with Crippen LogP contribution in [0.2, 0.25) is 0 Å². The van der Waals surface area contributed by atoms with Crippen LogP contribution in [-0.4, -0.2) is 67.9 Å². The number of carbonyl (C=O) groups excluding carboxylic acids is 1. The summed E-state index contributed by atoms with van der Waals surface area (Å²) in [6.45, 7) is 4.69. The van der Waals surface area contributed by atoms with Crippen molar-refractivity contribution in [1.82, 2.24) is 29.2 Å². The van der Waals surface area contributed by atoms with Gasteiger partial charge in [-0.15, -0.1) is 0 Å². The molecule has 5 heterocycles. The molecule has 2 N–H and O–H groups in total. The molecule has 2 bridgehead atoms. The number of imidazole rings is 1. The zero-order valence-electron chi connectivity index (χ0n) is 24.1. The van der Waals surface area contributed by atoms with E-state index in [0.29, 0.717) is 41.7 Å². The number of rotatable bonds is 3. The standard InChI is InChI=1S/C31H38N8O2/c1-19-15-21-16-25(33-19)24-18-32-38(3)30(24)41-14-4-5-27(20-6-7-20)39-28-9-8-23(34-22-10-12-37(2)13-11-22)17-26(28)35-31(39)36-29(21)40/h8-9,15-18,20,22,27,34H,4-7,10-14H2,1-3H3,(H,35,36,40). The number of nitrogens with zero attached hydrogens (tertiary/aromatic N) is 6. The number of aryl methyl sites for hydroxylation is 2. The number of benzene rings is 1. The van der Waals surface area contributed by atoms with Crippen LogP contribution in [0.3, 0.4) is 0 Å². The third kappa shape index (κ3) is 5.16. The molecule has 1 unspecified atom stereocenters. The van der Waals surface area contributed by atoms with Gasteiger partial charge in [0.1, 0.15) is 0 Å². The fourth-order valence-electron chi connectivity index (χ4n) is 6.40. The van der Waals surface area contributed by atoms with Gasteiger partial charge in [0.2, 0.25) is 11.8 Å². The van der Waals surface area contributed by atoms with Gasteiger partial charge in [0.05, 0.1) is 35.1 Å². The number of hydrogen-bond donors (Lipinski definition) is 2. The molecule has 1 atom stereocenters. The van der Waals surface area contributed by atoms with E-state index in [2.05, 4.69) is 50.4 Å². The van der Waals surface area contributed by atoms with Crippen LogP contribution in [0.4, 0.5) is 11.6 Å². The van der Waals surface area contributed by atoms with Gasteiger partial charge >= 0.3 is 0 Å². The van der Waals surface area contributed by atoms with Crippen molar-refractivity contribution in [2.75, 3.05) is 37.4 Å². The Labute approximate surface area is 240 Å². The third-order valence-corrected chi connectivity index (χ3v) is 8.76. The van der Waals surface area contributed by atoms with Gasteiger partial charge in [-0.3, -0.25) is 15.1 Å². The van der Waals surface area contributed by atoms with Gasteiger partial charge in [-0.05, 0) is 102 Å². The van der Waals surface area contributed by atoms with E-state index in [-0.39, 0.29) is 11.9 Å². The normalized spacial score (nSPS) is 20.6. The fourth-order valence-corrected chi connectivity index (χ4v) is 6.40. The molecule has 1 amide bonds. The number of pyridine rings is 1. The highest BCUT2D eigenvalue weighted by molar-refractivity contribution is 6.05. The Morgan fingerprint density at radius 2 is 1.85 bits per heavy atom. The number of nitrogens with one attached hydrogen (secondary N) is 2. The minimum absolute atomic E-state index is 0.198. The van der Waals surface area contributed by atoms with Crippen LogP contribution in [0.25, 0.3) is 22.3 Å². The van der Waals surface area contributed by atoms with Crippen LogP contribution >= 0.6 is 0 Å². The molecule has 1 aromatic carbocycles. The number of anilines is 2. The van der Waals surface area contributed by atoms with Crippen LogP contribution in [0, 0.1) is 12.8 Å². The Bertz CT molecular complexity index is 1600. The Hall–Kier alpha value is -3.92.